The highest BCUT2D eigenvalue weighted by Crippen LogP contribution is 2.43. The van der Waals surface area contributed by atoms with E-state index in [4.69, 9.17) is 0 Å². The molecule has 0 saturated carbocycles. The molecule has 1 aliphatic rings. The summed E-state index contributed by atoms with van der Waals surface area (Å²) in [4.78, 5) is 14.4. The van der Waals surface area contributed by atoms with Crippen molar-refractivity contribution in [1.29, 1.82) is 0 Å². The van der Waals surface area contributed by atoms with Gasteiger partial charge in [-0.15, -0.1) is 0 Å². The predicted octanol–water partition coefficient (Wildman–Crippen LogP) is 5.02. The van der Waals surface area contributed by atoms with Crippen LogP contribution in [0.3, 0.4) is 0 Å². The molecule has 0 saturated heterocycles. The molecule has 0 aliphatic carbocycles. The summed E-state index contributed by atoms with van der Waals surface area (Å²) in [7, 11) is 0. The Balaban J connectivity index is 1.80. The summed E-state index contributed by atoms with van der Waals surface area (Å²) in [6, 6.07) is 20.3. The summed E-state index contributed by atoms with van der Waals surface area (Å²) in [6.45, 7) is 0.182. The molecule has 1 heterocycles. The molecule has 0 radical (unpaired) electrons. The third kappa shape index (κ3) is 3.27. The van der Waals surface area contributed by atoms with Gasteiger partial charge in [-0.05, 0) is 41.0 Å². The Morgan fingerprint density at radius 3 is 2.00 bits per heavy atom. The molecular formula is C23H17F2NO2. The average molecular weight is 377 g/mol. The maximum Gasteiger partial charge on any atom is 0.290 e. The quantitative estimate of drug-likeness (QED) is 0.694. The monoisotopic (exact) mass is 377 g/mol. The fourth-order valence-corrected chi connectivity index (χ4v) is 3.51. The number of aliphatic hydroxyl groups excluding tert-OH is 1. The standard InChI is InChI=1S/C23H17F2NO2/c24-18-10-6-15(7-11-18)14-26-21(17-8-12-19(25)13-9-17)20(22(27)23(26)28)16-4-2-1-3-5-16/h1-13,21,27H,14H2. The number of hydrogen-bond donors (Lipinski definition) is 1. The van der Waals surface area contributed by atoms with Crippen LogP contribution in [0.4, 0.5) is 8.78 Å². The van der Waals surface area contributed by atoms with Crippen molar-refractivity contribution in [3.05, 3.63) is 113 Å². The van der Waals surface area contributed by atoms with Crippen molar-refractivity contribution in [2.24, 2.45) is 0 Å². The van der Waals surface area contributed by atoms with Crippen LogP contribution in [0, 0.1) is 11.6 Å². The molecule has 1 unspecified atom stereocenters. The van der Waals surface area contributed by atoms with Crippen LogP contribution >= 0.6 is 0 Å². The van der Waals surface area contributed by atoms with Crippen LogP contribution in [0.15, 0.2) is 84.6 Å². The second-order valence-electron chi connectivity index (χ2n) is 6.64. The molecule has 140 valence electrons. The lowest BCUT2D eigenvalue weighted by molar-refractivity contribution is -0.130. The van der Waals surface area contributed by atoms with Crippen molar-refractivity contribution < 1.29 is 18.7 Å². The minimum Gasteiger partial charge on any atom is -0.503 e. The first-order valence-corrected chi connectivity index (χ1v) is 8.84. The van der Waals surface area contributed by atoms with Crippen LogP contribution in [0.25, 0.3) is 5.57 Å². The SMILES string of the molecule is O=C1C(O)=C(c2ccccc2)C(c2ccc(F)cc2)N1Cc1ccc(F)cc1. The lowest BCUT2D eigenvalue weighted by Crippen LogP contribution is -2.29. The molecule has 3 aromatic carbocycles. The topological polar surface area (TPSA) is 40.5 Å². The van der Waals surface area contributed by atoms with E-state index in [1.807, 2.05) is 30.3 Å². The fourth-order valence-electron chi connectivity index (χ4n) is 3.51. The molecule has 1 N–H and O–H groups in total. The van der Waals surface area contributed by atoms with Crippen LogP contribution in [0.5, 0.6) is 0 Å². The number of hydrogen-bond acceptors (Lipinski definition) is 2. The number of aliphatic hydroxyl groups is 1. The highest BCUT2D eigenvalue weighted by Gasteiger charge is 2.40. The summed E-state index contributed by atoms with van der Waals surface area (Å²) in [6.07, 6.45) is 0. The van der Waals surface area contributed by atoms with Gasteiger partial charge in [-0.2, -0.15) is 0 Å². The minimum absolute atomic E-state index is 0.182. The van der Waals surface area contributed by atoms with Crippen molar-refractivity contribution in [3.63, 3.8) is 0 Å². The molecule has 0 bridgehead atoms. The van der Waals surface area contributed by atoms with E-state index in [9.17, 15) is 18.7 Å². The van der Waals surface area contributed by atoms with Crippen molar-refractivity contribution in [3.8, 4) is 0 Å². The van der Waals surface area contributed by atoms with E-state index in [1.165, 1.54) is 29.2 Å². The zero-order valence-corrected chi connectivity index (χ0v) is 14.8. The third-order valence-corrected chi connectivity index (χ3v) is 4.84. The van der Waals surface area contributed by atoms with Crippen LogP contribution < -0.4 is 0 Å². The Morgan fingerprint density at radius 2 is 1.39 bits per heavy atom. The van der Waals surface area contributed by atoms with Gasteiger partial charge in [-0.25, -0.2) is 8.78 Å². The molecule has 5 heteroatoms. The van der Waals surface area contributed by atoms with E-state index in [0.717, 1.165) is 5.56 Å². The van der Waals surface area contributed by atoms with Gasteiger partial charge in [0.2, 0.25) is 0 Å². The van der Waals surface area contributed by atoms with Gasteiger partial charge in [0.15, 0.2) is 5.76 Å². The lowest BCUT2D eigenvalue weighted by atomic mass is 9.93. The maximum absolute atomic E-state index is 13.5. The average Bonchev–Trinajstić information content (AvgIpc) is 2.96. The second-order valence-corrected chi connectivity index (χ2v) is 6.64. The largest absolute Gasteiger partial charge is 0.503 e. The van der Waals surface area contributed by atoms with Crippen LogP contribution in [0.2, 0.25) is 0 Å². The van der Waals surface area contributed by atoms with E-state index in [-0.39, 0.29) is 23.9 Å². The molecule has 0 spiro atoms. The van der Waals surface area contributed by atoms with Gasteiger partial charge < -0.3 is 10.0 Å². The summed E-state index contributed by atoms with van der Waals surface area (Å²) < 4.78 is 26.7. The summed E-state index contributed by atoms with van der Waals surface area (Å²) in [5.74, 6) is -1.59. The molecular weight excluding hydrogens is 360 g/mol. The number of carbonyl (C=O) groups is 1. The number of nitrogens with zero attached hydrogens (tertiary/aromatic N) is 1. The molecule has 0 fully saturated rings. The molecule has 1 aliphatic heterocycles. The zero-order chi connectivity index (χ0) is 19.7. The predicted molar refractivity (Wildman–Crippen MR) is 102 cm³/mol. The first-order valence-electron chi connectivity index (χ1n) is 8.84. The fraction of sp³-hybridized carbons (Fsp3) is 0.0870. The normalized spacial score (nSPS) is 16.7. The van der Waals surface area contributed by atoms with E-state index in [2.05, 4.69) is 0 Å². The molecule has 28 heavy (non-hydrogen) atoms. The van der Waals surface area contributed by atoms with Gasteiger partial charge in [-0.1, -0.05) is 54.6 Å². The Bertz CT molecular complexity index is 1030. The van der Waals surface area contributed by atoms with E-state index >= 15 is 0 Å². The summed E-state index contributed by atoms with van der Waals surface area (Å²) in [5.41, 5.74) is 2.59. The van der Waals surface area contributed by atoms with Crippen molar-refractivity contribution >= 4 is 11.5 Å². The summed E-state index contributed by atoms with van der Waals surface area (Å²) >= 11 is 0. The molecule has 1 amide bonds. The zero-order valence-electron chi connectivity index (χ0n) is 14.8. The van der Waals surface area contributed by atoms with Gasteiger partial charge in [-0.3, -0.25) is 4.79 Å². The second kappa shape index (κ2) is 7.27. The van der Waals surface area contributed by atoms with E-state index in [1.54, 1.807) is 24.3 Å². The van der Waals surface area contributed by atoms with Crippen LogP contribution in [-0.2, 0) is 11.3 Å². The first kappa shape index (κ1) is 17.9. The minimum atomic E-state index is -0.583. The highest BCUT2D eigenvalue weighted by molar-refractivity contribution is 6.05. The highest BCUT2D eigenvalue weighted by atomic mass is 19.1. The van der Waals surface area contributed by atoms with Gasteiger partial charge in [0, 0.05) is 12.1 Å². The van der Waals surface area contributed by atoms with Gasteiger partial charge in [0.25, 0.3) is 5.91 Å². The van der Waals surface area contributed by atoms with Crippen molar-refractivity contribution in [1.82, 2.24) is 4.90 Å². The van der Waals surface area contributed by atoms with E-state index < -0.39 is 11.9 Å². The molecule has 3 aromatic rings. The molecule has 4 rings (SSSR count). The van der Waals surface area contributed by atoms with Gasteiger partial charge >= 0.3 is 0 Å². The smallest absolute Gasteiger partial charge is 0.290 e. The molecule has 3 nitrogen and oxygen atoms in total. The number of carbonyl (C=O) groups excluding carboxylic acids is 1. The van der Waals surface area contributed by atoms with Gasteiger partial charge in [0.1, 0.15) is 11.6 Å². The van der Waals surface area contributed by atoms with Crippen LogP contribution in [0.1, 0.15) is 22.7 Å². The van der Waals surface area contributed by atoms with Gasteiger partial charge in [0.05, 0.1) is 6.04 Å². The van der Waals surface area contributed by atoms with E-state index in [0.29, 0.717) is 16.7 Å². The Morgan fingerprint density at radius 1 is 0.821 bits per heavy atom. The Kier molecular flexibility index (Phi) is 4.65. The number of halogens is 2. The van der Waals surface area contributed by atoms with Crippen molar-refractivity contribution in [2.75, 3.05) is 0 Å². The number of benzene rings is 3. The number of rotatable bonds is 4. The Labute approximate surface area is 161 Å². The Hall–Kier alpha value is -3.47. The third-order valence-electron chi connectivity index (χ3n) is 4.84. The summed E-state index contributed by atoms with van der Waals surface area (Å²) in [5, 5.41) is 10.6. The molecule has 0 aromatic heterocycles. The lowest BCUT2D eigenvalue weighted by Gasteiger charge is -2.27. The number of amides is 1. The van der Waals surface area contributed by atoms with Crippen LogP contribution in [-0.4, -0.2) is 15.9 Å². The maximum atomic E-state index is 13.5. The molecule has 1 atom stereocenters. The first-order chi connectivity index (χ1) is 13.5. The van der Waals surface area contributed by atoms with Crippen molar-refractivity contribution in [2.45, 2.75) is 12.6 Å².